The molecule has 3 heterocycles. The zero-order chi connectivity index (χ0) is 32.1. The van der Waals surface area contributed by atoms with Gasteiger partial charge in [-0.25, -0.2) is 0 Å². The molecule has 3 amide bonds. The third kappa shape index (κ3) is 7.53. The fourth-order valence-corrected chi connectivity index (χ4v) is 6.00. The number of anilines is 2. The average Bonchev–Trinajstić information content (AvgIpc) is 3.49. The van der Waals surface area contributed by atoms with Crippen molar-refractivity contribution < 1.29 is 14.4 Å². The number of H-pyrrole nitrogens is 1. The van der Waals surface area contributed by atoms with Crippen LogP contribution in [0.15, 0.2) is 42.5 Å². The first kappa shape index (κ1) is 32.2. The smallest absolute Gasteiger partial charge is 0.256 e. The molecule has 0 spiro atoms. The summed E-state index contributed by atoms with van der Waals surface area (Å²) in [6, 6.07) is 13.1. The molecule has 0 bridgehead atoms. The van der Waals surface area contributed by atoms with Gasteiger partial charge in [0.1, 0.15) is 0 Å². The highest BCUT2D eigenvalue weighted by atomic mass is 16.2. The summed E-state index contributed by atoms with van der Waals surface area (Å²) >= 11 is 0. The molecule has 1 fully saturated rings. The van der Waals surface area contributed by atoms with Crippen molar-refractivity contribution in [2.24, 2.45) is 0 Å². The Labute approximate surface area is 265 Å². The molecular formula is C35H45N7O3. The summed E-state index contributed by atoms with van der Waals surface area (Å²) in [6.07, 6.45) is 1.79. The van der Waals surface area contributed by atoms with Gasteiger partial charge in [-0.05, 0) is 75.5 Å². The first-order valence-electron chi connectivity index (χ1n) is 15.8. The topological polar surface area (TPSA) is 113 Å². The van der Waals surface area contributed by atoms with Gasteiger partial charge in [0.05, 0.1) is 16.8 Å². The van der Waals surface area contributed by atoms with E-state index in [1.807, 2.05) is 44.2 Å². The van der Waals surface area contributed by atoms with E-state index in [2.05, 4.69) is 56.5 Å². The SMILES string of the molecule is CCN(CC)CCNC(=O)c1c(C)[nH]c(/C=C2\C(=O)Nc3cc(NC(=O)c4ccc(CN5CCN(C)CC5)cc4)ccc32)c1C. The predicted octanol–water partition coefficient (Wildman–Crippen LogP) is 4.20. The number of nitrogens with zero attached hydrogens (tertiary/aromatic N) is 3. The van der Waals surface area contributed by atoms with Gasteiger partial charge in [0.15, 0.2) is 0 Å². The number of likely N-dealkylation sites (N-methyl/N-ethyl adjacent to an activating group) is 2. The van der Waals surface area contributed by atoms with Gasteiger partial charge >= 0.3 is 0 Å². The number of amides is 3. The number of benzene rings is 2. The summed E-state index contributed by atoms with van der Waals surface area (Å²) in [5.74, 6) is -0.567. The first-order valence-corrected chi connectivity index (χ1v) is 15.8. The molecule has 0 atom stereocenters. The lowest BCUT2D eigenvalue weighted by Crippen LogP contribution is -2.43. The molecule has 45 heavy (non-hydrogen) atoms. The molecule has 2 aromatic carbocycles. The predicted molar refractivity (Wildman–Crippen MR) is 180 cm³/mol. The number of carbonyl (C=O) groups is 3. The Kier molecular flexibility index (Phi) is 10.2. The molecule has 10 heteroatoms. The summed E-state index contributed by atoms with van der Waals surface area (Å²) < 4.78 is 0. The van der Waals surface area contributed by atoms with Gasteiger partial charge in [-0.2, -0.15) is 0 Å². The van der Waals surface area contributed by atoms with Gasteiger partial charge in [0.25, 0.3) is 17.7 Å². The second-order valence-electron chi connectivity index (χ2n) is 11.9. The van der Waals surface area contributed by atoms with Crippen molar-refractivity contribution >= 4 is 40.7 Å². The molecule has 1 saturated heterocycles. The van der Waals surface area contributed by atoms with Gasteiger partial charge in [-0.3, -0.25) is 19.3 Å². The number of nitrogens with one attached hydrogen (secondary N) is 4. The standard InChI is InChI=1S/C35H45N7O3/c1-6-41(7-2)15-14-36-35(45)32-23(3)30(37-24(32)4)21-29-28-13-12-27(20-31(28)39-34(29)44)38-33(43)26-10-8-25(9-11-26)22-42-18-16-40(5)17-19-42/h8-13,20-21,37H,6-7,14-19,22H2,1-5H3,(H,36,45)(H,38,43)(H,39,44)/b29-21-. The summed E-state index contributed by atoms with van der Waals surface area (Å²) in [7, 11) is 2.15. The Balaban J connectivity index is 1.24. The number of carbonyl (C=O) groups excluding carboxylic acids is 3. The Bertz CT molecular complexity index is 1580. The highest BCUT2D eigenvalue weighted by Gasteiger charge is 2.26. The van der Waals surface area contributed by atoms with Crippen molar-refractivity contribution in [1.82, 2.24) is 25.0 Å². The molecule has 3 aromatic rings. The van der Waals surface area contributed by atoms with E-state index >= 15 is 0 Å². The number of fused-ring (bicyclic) bond motifs is 1. The number of aryl methyl sites for hydroxylation is 1. The van der Waals surface area contributed by atoms with E-state index in [-0.39, 0.29) is 17.7 Å². The lowest BCUT2D eigenvalue weighted by Gasteiger charge is -2.32. The van der Waals surface area contributed by atoms with Crippen LogP contribution in [0.3, 0.4) is 0 Å². The molecule has 2 aliphatic heterocycles. The van der Waals surface area contributed by atoms with E-state index in [9.17, 15) is 14.4 Å². The van der Waals surface area contributed by atoms with Crippen LogP contribution in [0.2, 0.25) is 0 Å². The van der Waals surface area contributed by atoms with E-state index in [1.165, 1.54) is 5.56 Å². The fraction of sp³-hybridized carbons (Fsp3) is 0.400. The van der Waals surface area contributed by atoms with Crippen molar-refractivity contribution in [1.29, 1.82) is 0 Å². The Morgan fingerprint density at radius 2 is 1.69 bits per heavy atom. The third-order valence-corrected chi connectivity index (χ3v) is 8.88. The molecule has 0 aliphatic carbocycles. The van der Waals surface area contributed by atoms with E-state index in [0.717, 1.165) is 69.2 Å². The van der Waals surface area contributed by atoms with Gasteiger partial charge in [0, 0.05) is 74.0 Å². The Hall–Kier alpha value is -4.25. The molecule has 0 unspecified atom stereocenters. The van der Waals surface area contributed by atoms with Crippen LogP contribution < -0.4 is 16.0 Å². The largest absolute Gasteiger partial charge is 0.358 e. The van der Waals surface area contributed by atoms with Gasteiger partial charge < -0.3 is 30.7 Å². The number of piperazine rings is 1. The van der Waals surface area contributed by atoms with E-state index in [0.29, 0.717) is 40.3 Å². The van der Waals surface area contributed by atoms with Crippen LogP contribution in [-0.2, 0) is 11.3 Å². The van der Waals surface area contributed by atoms with Crippen LogP contribution in [0.1, 0.15) is 62.6 Å². The summed E-state index contributed by atoms with van der Waals surface area (Å²) in [4.78, 5) is 49.3. The quantitative estimate of drug-likeness (QED) is 0.242. The number of hydrogen-bond donors (Lipinski definition) is 4. The summed E-state index contributed by atoms with van der Waals surface area (Å²) in [5, 5.41) is 8.90. The second-order valence-corrected chi connectivity index (χ2v) is 11.9. The number of hydrogen-bond acceptors (Lipinski definition) is 6. The zero-order valence-electron chi connectivity index (χ0n) is 27.0. The number of rotatable bonds is 11. The first-order chi connectivity index (χ1) is 21.7. The van der Waals surface area contributed by atoms with Crippen LogP contribution in [0.25, 0.3) is 11.6 Å². The fourth-order valence-electron chi connectivity index (χ4n) is 6.00. The zero-order valence-corrected chi connectivity index (χ0v) is 27.0. The van der Waals surface area contributed by atoms with Crippen LogP contribution in [0.4, 0.5) is 11.4 Å². The lowest BCUT2D eigenvalue weighted by molar-refractivity contribution is -0.110. The van der Waals surface area contributed by atoms with Crippen LogP contribution in [0.5, 0.6) is 0 Å². The molecular weight excluding hydrogens is 566 g/mol. The van der Waals surface area contributed by atoms with Crippen molar-refractivity contribution in [2.45, 2.75) is 34.2 Å². The van der Waals surface area contributed by atoms with Crippen molar-refractivity contribution in [3.63, 3.8) is 0 Å². The summed E-state index contributed by atoms with van der Waals surface area (Å²) in [6.45, 7) is 16.3. The monoisotopic (exact) mass is 611 g/mol. The maximum absolute atomic E-state index is 13.0. The molecule has 2 aliphatic rings. The van der Waals surface area contributed by atoms with Crippen LogP contribution >= 0.6 is 0 Å². The highest BCUT2D eigenvalue weighted by Crippen LogP contribution is 2.36. The minimum atomic E-state index is -0.235. The number of aromatic nitrogens is 1. The minimum Gasteiger partial charge on any atom is -0.358 e. The molecule has 238 valence electrons. The van der Waals surface area contributed by atoms with E-state index in [1.54, 1.807) is 18.2 Å². The van der Waals surface area contributed by atoms with Gasteiger partial charge in [-0.1, -0.05) is 32.0 Å². The lowest BCUT2D eigenvalue weighted by atomic mass is 10.0. The van der Waals surface area contributed by atoms with Crippen molar-refractivity contribution in [3.8, 4) is 0 Å². The molecule has 10 nitrogen and oxygen atoms in total. The molecule has 0 saturated carbocycles. The normalized spacial score (nSPS) is 16.2. The molecule has 5 rings (SSSR count). The number of aromatic amines is 1. The van der Waals surface area contributed by atoms with E-state index < -0.39 is 0 Å². The van der Waals surface area contributed by atoms with Gasteiger partial charge in [0.2, 0.25) is 0 Å². The van der Waals surface area contributed by atoms with E-state index in [4.69, 9.17) is 0 Å². The molecule has 1 aromatic heterocycles. The van der Waals surface area contributed by atoms with Crippen molar-refractivity contribution in [3.05, 3.63) is 81.7 Å². The van der Waals surface area contributed by atoms with Gasteiger partial charge in [-0.15, -0.1) is 0 Å². The van der Waals surface area contributed by atoms with Crippen molar-refractivity contribution in [2.75, 3.05) is 70.0 Å². The molecule has 0 radical (unpaired) electrons. The molecule has 4 N–H and O–H groups in total. The third-order valence-electron chi connectivity index (χ3n) is 8.88. The second kappa shape index (κ2) is 14.2. The average molecular weight is 612 g/mol. The highest BCUT2D eigenvalue weighted by molar-refractivity contribution is 6.35. The van der Waals surface area contributed by atoms with Crippen LogP contribution in [0, 0.1) is 13.8 Å². The summed E-state index contributed by atoms with van der Waals surface area (Å²) in [5.41, 5.74) is 7.08. The maximum atomic E-state index is 13.0. The van der Waals surface area contributed by atoms with Crippen LogP contribution in [-0.4, -0.2) is 96.8 Å². The Morgan fingerprint density at radius 1 is 0.978 bits per heavy atom. The minimum absolute atomic E-state index is 0.126. The maximum Gasteiger partial charge on any atom is 0.256 e. The Morgan fingerprint density at radius 3 is 2.38 bits per heavy atom.